The Kier molecular flexibility index (Phi) is 9.70. The molecule has 3 N–H and O–H groups in total. The van der Waals surface area contributed by atoms with Crippen molar-refractivity contribution in [3.8, 4) is 0 Å². The number of esters is 2. The molecule has 220 valence electrons. The van der Waals surface area contributed by atoms with E-state index < -0.39 is 59.6 Å². The van der Waals surface area contributed by atoms with Crippen LogP contribution in [0.1, 0.15) is 22.3 Å². The molecule has 0 spiro atoms. The van der Waals surface area contributed by atoms with E-state index >= 15 is 0 Å². The number of amides is 1. The van der Waals surface area contributed by atoms with Gasteiger partial charge in [0, 0.05) is 19.4 Å². The van der Waals surface area contributed by atoms with Crippen molar-refractivity contribution in [2.24, 2.45) is 23.7 Å². The van der Waals surface area contributed by atoms with Crippen LogP contribution in [0.15, 0.2) is 60.7 Å². The Hall–Kier alpha value is -4.15. The first-order valence-electron chi connectivity index (χ1n) is 13.0. The van der Waals surface area contributed by atoms with E-state index in [4.69, 9.17) is 27.9 Å². The van der Waals surface area contributed by atoms with Crippen LogP contribution in [-0.2, 0) is 35.1 Å². The van der Waals surface area contributed by atoms with E-state index in [0.29, 0.717) is 21.2 Å². The summed E-state index contributed by atoms with van der Waals surface area (Å²) in [4.78, 5) is 61.8. The van der Waals surface area contributed by atoms with Crippen molar-refractivity contribution in [1.29, 1.82) is 0 Å². The van der Waals surface area contributed by atoms with Crippen molar-refractivity contribution in [3.05, 3.63) is 81.8 Å². The summed E-state index contributed by atoms with van der Waals surface area (Å²) in [6.07, 6.45) is -0.415. The average Bonchev–Trinajstić information content (AvgIpc) is 2.93. The van der Waals surface area contributed by atoms with Gasteiger partial charge in [0.05, 0.1) is 46.4 Å². The van der Waals surface area contributed by atoms with Crippen LogP contribution in [0.5, 0.6) is 0 Å². The summed E-state index contributed by atoms with van der Waals surface area (Å²) >= 11 is 12.2. The van der Waals surface area contributed by atoms with Gasteiger partial charge in [-0.2, -0.15) is 0 Å². The van der Waals surface area contributed by atoms with Crippen LogP contribution < -0.4 is 5.32 Å². The standard InChI is InChI=1S/C30H27Cl2NO9/c1-41-30(40)25-22(23(27(35)36)24(25)28(37)38)26(34)33-11-10-19(12-15-6-9-20(31)21(32)13-15)42-29(39)18-8-7-16-4-2-3-5-17(16)14-18/h2-9,13-14,19,22-25H,10-12H2,1H3,(H,33,34)(H,35,36)(H,37,38)/t19-,22-,23+,24-,25-/m0/s1. The van der Waals surface area contributed by atoms with E-state index in [1.54, 1.807) is 36.4 Å². The van der Waals surface area contributed by atoms with Crippen LogP contribution in [0.3, 0.4) is 0 Å². The number of rotatable bonds is 11. The number of carboxylic acid groups (broad SMARTS) is 2. The SMILES string of the molecule is COC(=O)[C@@H]1[C@@H](C(=O)O)[C@H](C(=O)O)[C@@H]1C(=O)NCC[C@@H](Cc1ccc(Cl)c(Cl)c1)OC(=O)c1ccc2ccccc2c1. The summed E-state index contributed by atoms with van der Waals surface area (Å²) in [5.41, 5.74) is 1.04. The number of carbonyl (C=O) groups is 5. The summed E-state index contributed by atoms with van der Waals surface area (Å²) in [5.74, 6) is -11.5. The summed E-state index contributed by atoms with van der Waals surface area (Å²) in [5, 5.41) is 24.1. The number of hydrogen-bond acceptors (Lipinski definition) is 7. The Morgan fingerprint density at radius 3 is 2.14 bits per heavy atom. The van der Waals surface area contributed by atoms with E-state index in [0.717, 1.165) is 17.9 Å². The van der Waals surface area contributed by atoms with Crippen molar-refractivity contribution in [2.45, 2.75) is 18.9 Å². The van der Waals surface area contributed by atoms with E-state index in [1.807, 2.05) is 24.3 Å². The molecule has 0 radical (unpaired) electrons. The molecule has 0 heterocycles. The molecule has 1 aliphatic carbocycles. The summed E-state index contributed by atoms with van der Waals surface area (Å²) in [6.45, 7) is -0.0652. The number of carbonyl (C=O) groups excluding carboxylic acids is 3. The lowest BCUT2D eigenvalue weighted by Crippen LogP contribution is -2.62. The summed E-state index contributed by atoms with van der Waals surface area (Å²) < 4.78 is 10.4. The predicted molar refractivity (Wildman–Crippen MR) is 152 cm³/mol. The van der Waals surface area contributed by atoms with Crippen LogP contribution in [-0.4, -0.2) is 59.8 Å². The molecule has 0 bridgehead atoms. The highest BCUT2D eigenvalue weighted by molar-refractivity contribution is 6.42. The van der Waals surface area contributed by atoms with Crippen molar-refractivity contribution < 1.29 is 43.7 Å². The Balaban J connectivity index is 1.49. The maximum absolute atomic E-state index is 13.1. The molecular formula is C30H27Cl2NO9. The second kappa shape index (κ2) is 13.2. The summed E-state index contributed by atoms with van der Waals surface area (Å²) in [6, 6.07) is 17.7. The monoisotopic (exact) mass is 615 g/mol. The molecular weight excluding hydrogens is 589 g/mol. The molecule has 0 aliphatic heterocycles. The van der Waals surface area contributed by atoms with E-state index in [2.05, 4.69) is 10.1 Å². The third-order valence-electron chi connectivity index (χ3n) is 7.37. The zero-order valence-electron chi connectivity index (χ0n) is 22.3. The number of fused-ring (bicyclic) bond motifs is 1. The third kappa shape index (κ3) is 6.66. The number of benzene rings is 3. The Morgan fingerprint density at radius 2 is 1.50 bits per heavy atom. The van der Waals surface area contributed by atoms with Crippen molar-refractivity contribution in [3.63, 3.8) is 0 Å². The highest BCUT2D eigenvalue weighted by Crippen LogP contribution is 2.47. The number of aliphatic carboxylic acids is 2. The van der Waals surface area contributed by atoms with Crippen LogP contribution in [0.2, 0.25) is 10.0 Å². The lowest BCUT2D eigenvalue weighted by Gasteiger charge is -2.44. The fourth-order valence-corrected chi connectivity index (χ4v) is 5.58. The first kappa shape index (κ1) is 30.8. The van der Waals surface area contributed by atoms with Crippen LogP contribution >= 0.6 is 23.2 Å². The highest BCUT2D eigenvalue weighted by Gasteiger charge is 2.64. The fraction of sp³-hybridized carbons (Fsp3) is 0.300. The van der Waals surface area contributed by atoms with Crippen molar-refractivity contribution in [2.75, 3.05) is 13.7 Å². The molecule has 5 atom stereocenters. The number of hydrogen-bond donors (Lipinski definition) is 3. The smallest absolute Gasteiger partial charge is 0.338 e. The van der Waals surface area contributed by atoms with Gasteiger partial charge in [0.1, 0.15) is 6.10 Å². The molecule has 0 unspecified atom stereocenters. The number of ether oxygens (including phenoxy) is 2. The average molecular weight is 616 g/mol. The van der Waals surface area contributed by atoms with Gasteiger partial charge in [0.2, 0.25) is 5.91 Å². The number of halogens is 2. The number of carboxylic acids is 2. The topological polar surface area (TPSA) is 156 Å². The van der Waals surface area contributed by atoms with Crippen molar-refractivity contribution in [1.82, 2.24) is 5.32 Å². The fourth-order valence-electron chi connectivity index (χ4n) is 5.26. The molecule has 1 fully saturated rings. The third-order valence-corrected chi connectivity index (χ3v) is 8.10. The molecule has 1 amide bonds. The molecule has 12 heteroatoms. The molecule has 1 saturated carbocycles. The maximum atomic E-state index is 13.1. The second-order valence-electron chi connectivity index (χ2n) is 9.92. The Morgan fingerprint density at radius 1 is 0.833 bits per heavy atom. The maximum Gasteiger partial charge on any atom is 0.338 e. The van der Waals surface area contributed by atoms with E-state index in [1.165, 1.54) is 0 Å². The number of methoxy groups -OCH3 is 1. The lowest BCUT2D eigenvalue weighted by atomic mass is 9.56. The van der Waals surface area contributed by atoms with Crippen LogP contribution in [0.25, 0.3) is 10.8 Å². The molecule has 0 aromatic heterocycles. The normalized spacial score (nSPS) is 20.2. The predicted octanol–water partition coefficient (Wildman–Crippen LogP) is 4.24. The highest BCUT2D eigenvalue weighted by atomic mass is 35.5. The van der Waals surface area contributed by atoms with Gasteiger partial charge in [0.25, 0.3) is 0 Å². The lowest BCUT2D eigenvalue weighted by molar-refractivity contribution is -0.188. The zero-order valence-corrected chi connectivity index (χ0v) is 23.8. The van der Waals surface area contributed by atoms with E-state index in [-0.39, 0.29) is 19.4 Å². The van der Waals surface area contributed by atoms with Crippen molar-refractivity contribution >= 4 is 63.8 Å². The van der Waals surface area contributed by atoms with Gasteiger partial charge < -0.3 is 25.0 Å². The van der Waals surface area contributed by atoms with Gasteiger partial charge in [-0.15, -0.1) is 0 Å². The molecule has 1 aliphatic rings. The molecule has 3 aromatic carbocycles. The first-order valence-corrected chi connectivity index (χ1v) is 13.7. The molecule has 10 nitrogen and oxygen atoms in total. The minimum atomic E-state index is -1.61. The van der Waals surface area contributed by atoms with Gasteiger partial charge in [0.15, 0.2) is 0 Å². The second-order valence-corrected chi connectivity index (χ2v) is 10.7. The van der Waals surface area contributed by atoms with E-state index in [9.17, 15) is 34.2 Å². The molecule has 0 saturated heterocycles. The van der Waals surface area contributed by atoms with Crippen LogP contribution in [0, 0.1) is 23.7 Å². The van der Waals surface area contributed by atoms with Gasteiger partial charge in [-0.1, -0.05) is 59.6 Å². The van der Waals surface area contributed by atoms with Gasteiger partial charge in [-0.25, -0.2) is 4.79 Å². The minimum absolute atomic E-state index is 0.0652. The van der Waals surface area contributed by atoms with Gasteiger partial charge in [-0.3, -0.25) is 19.2 Å². The van der Waals surface area contributed by atoms with Gasteiger partial charge >= 0.3 is 23.9 Å². The molecule has 4 rings (SSSR count). The largest absolute Gasteiger partial charge is 0.481 e. The van der Waals surface area contributed by atoms with Gasteiger partial charge in [-0.05, 0) is 40.6 Å². The van der Waals surface area contributed by atoms with Crippen LogP contribution in [0.4, 0.5) is 0 Å². The zero-order chi connectivity index (χ0) is 30.6. The quantitative estimate of drug-likeness (QED) is 0.268. The first-order chi connectivity index (χ1) is 20.0. The Bertz CT molecular complexity index is 1540. The molecule has 42 heavy (non-hydrogen) atoms. The Labute approximate surface area is 250 Å². The number of nitrogens with one attached hydrogen (secondary N) is 1. The minimum Gasteiger partial charge on any atom is -0.481 e. The summed E-state index contributed by atoms with van der Waals surface area (Å²) in [7, 11) is 1.03. The molecule has 3 aromatic rings.